The number of rotatable bonds is 0. The molecule has 4 heteroatoms. The van der Waals surface area contributed by atoms with Crippen LogP contribution < -0.4 is 0 Å². The van der Waals surface area contributed by atoms with Gasteiger partial charge in [-0.25, -0.2) is 4.79 Å². The van der Waals surface area contributed by atoms with Crippen molar-refractivity contribution in [2.45, 2.75) is 43.9 Å². The van der Waals surface area contributed by atoms with Crippen LogP contribution in [0.5, 0.6) is 0 Å². The van der Waals surface area contributed by atoms with Crippen molar-refractivity contribution in [1.82, 2.24) is 4.90 Å². The number of hydrogen-bond acceptors (Lipinski definition) is 2. The first-order chi connectivity index (χ1) is 9.75. The van der Waals surface area contributed by atoms with Crippen molar-refractivity contribution in [2.24, 2.45) is 0 Å². The molecule has 14 heavy (non-hydrogen) atoms. The number of piperidine rings is 1. The molecular weight excluding hydrogens is 246 g/mol. The lowest BCUT2D eigenvalue weighted by Crippen LogP contribution is -2.43. The number of alkyl halides is 1. The van der Waals surface area contributed by atoms with Gasteiger partial charge in [0.15, 0.2) is 0 Å². The number of carbonyl (C=O) groups is 1. The van der Waals surface area contributed by atoms with E-state index in [2.05, 4.69) is 15.9 Å². The quantitative estimate of drug-likeness (QED) is 0.635. The second-order valence-corrected chi connectivity index (χ2v) is 4.40. The molecule has 0 spiro atoms. The Morgan fingerprint density at radius 3 is 2.93 bits per heavy atom. The lowest BCUT2D eigenvalue weighted by Gasteiger charge is -2.32. The fraction of sp³-hybridized carbons (Fsp3) is 0.900. The summed E-state index contributed by atoms with van der Waals surface area (Å²) in [4.78, 5) is 9.10. The highest BCUT2D eigenvalue weighted by Crippen LogP contribution is 2.19. The topological polar surface area (TPSA) is 29.5 Å². The molecule has 1 saturated heterocycles. The van der Waals surface area contributed by atoms with Crippen molar-refractivity contribution in [3.63, 3.8) is 0 Å². The number of ether oxygens (including phenoxy) is 1. The molecule has 0 N–H and O–H groups in total. The van der Waals surface area contributed by atoms with Crippen LogP contribution in [0.1, 0.15) is 45.9 Å². The minimum atomic E-state index is -3.40. The first-order valence-electron chi connectivity index (χ1n) is 8.47. The Bertz CT molecular complexity index is 485. The van der Waals surface area contributed by atoms with E-state index in [1.807, 2.05) is 0 Å². The molecular formula is C10H18BrNO2. The van der Waals surface area contributed by atoms with Crippen molar-refractivity contribution in [1.29, 1.82) is 0 Å². The van der Waals surface area contributed by atoms with E-state index in [0.29, 0.717) is 0 Å². The number of nitrogens with zero attached hydrogens (tertiary/aromatic N) is 1. The van der Waals surface area contributed by atoms with E-state index < -0.39 is 42.2 Å². The van der Waals surface area contributed by atoms with E-state index >= 15 is 0 Å². The van der Waals surface area contributed by atoms with Gasteiger partial charge in [-0.1, -0.05) is 15.9 Å². The van der Waals surface area contributed by atoms with Crippen LogP contribution in [0, 0.1) is 0 Å². The maximum absolute atomic E-state index is 12.3. The van der Waals surface area contributed by atoms with Gasteiger partial charge in [0, 0.05) is 27.4 Å². The molecule has 1 fully saturated rings. The van der Waals surface area contributed by atoms with Gasteiger partial charge >= 0.3 is 6.09 Å². The molecule has 1 unspecified atom stereocenters. The van der Waals surface area contributed by atoms with Gasteiger partial charge in [-0.05, 0) is 33.5 Å². The third-order valence-electron chi connectivity index (χ3n) is 1.13. The standard InChI is InChI=1S/C10H18BrNO2/c1-10(2,3)14-9(13)12-6-4-5-8(11)7-12/h8H,4-7H2,1-3H3/i4D2,5D2,6D2,7D2,8D. The molecule has 1 heterocycles. The van der Waals surface area contributed by atoms with Crippen LogP contribution in [0.4, 0.5) is 4.79 Å². The van der Waals surface area contributed by atoms with Gasteiger partial charge < -0.3 is 9.64 Å². The van der Waals surface area contributed by atoms with Crippen LogP contribution >= 0.6 is 15.9 Å². The van der Waals surface area contributed by atoms with Gasteiger partial charge in [-0.3, -0.25) is 0 Å². The van der Waals surface area contributed by atoms with E-state index in [4.69, 9.17) is 17.1 Å². The molecule has 3 nitrogen and oxygen atoms in total. The molecule has 1 amide bonds. The van der Waals surface area contributed by atoms with E-state index in [-0.39, 0.29) is 4.90 Å². The zero-order valence-corrected chi connectivity index (χ0v) is 9.73. The van der Waals surface area contributed by atoms with Gasteiger partial charge in [0.2, 0.25) is 0 Å². The van der Waals surface area contributed by atoms with Crippen molar-refractivity contribution in [3.8, 4) is 0 Å². The fourth-order valence-corrected chi connectivity index (χ4v) is 0.968. The molecule has 1 aliphatic rings. The maximum atomic E-state index is 12.3. The average molecular weight is 273 g/mol. The van der Waals surface area contributed by atoms with Crippen molar-refractivity contribution in [3.05, 3.63) is 0 Å². The molecule has 0 aliphatic carbocycles. The molecule has 0 saturated carbocycles. The summed E-state index contributed by atoms with van der Waals surface area (Å²) in [5, 5.41) is 0. The summed E-state index contributed by atoms with van der Waals surface area (Å²) in [7, 11) is 0. The second-order valence-electron chi connectivity index (χ2n) is 3.60. The number of hydrogen-bond donors (Lipinski definition) is 0. The number of carbonyl (C=O) groups excluding carboxylic acids is 1. The normalized spacial score (nSPS) is 52.6. The summed E-state index contributed by atoms with van der Waals surface area (Å²) in [6.07, 6.45) is -8.22. The Hall–Kier alpha value is -0.250. The predicted molar refractivity (Wildman–Crippen MR) is 59.8 cm³/mol. The van der Waals surface area contributed by atoms with Crippen LogP contribution in [0.15, 0.2) is 0 Å². The van der Waals surface area contributed by atoms with Crippen LogP contribution in [0.3, 0.4) is 0 Å². The van der Waals surface area contributed by atoms with Crippen LogP contribution in [-0.4, -0.2) is 34.4 Å². The molecule has 1 rings (SSSR count). The third kappa shape index (κ3) is 3.86. The van der Waals surface area contributed by atoms with Crippen LogP contribution in [0.2, 0.25) is 0 Å². The summed E-state index contributed by atoms with van der Waals surface area (Å²) in [5.41, 5.74) is -1.12. The molecule has 0 radical (unpaired) electrons. The summed E-state index contributed by atoms with van der Waals surface area (Å²) in [5.74, 6) is 0. The minimum Gasteiger partial charge on any atom is -0.444 e. The molecule has 0 bridgehead atoms. The average Bonchev–Trinajstić information content (AvgIpc) is 2.22. The summed E-state index contributed by atoms with van der Waals surface area (Å²) in [6, 6.07) is 0. The van der Waals surface area contributed by atoms with E-state index in [0.717, 1.165) is 0 Å². The molecule has 82 valence electrons. The molecule has 0 aromatic rings. The first kappa shape index (κ1) is 4.32. The van der Waals surface area contributed by atoms with Crippen molar-refractivity contribution < 1.29 is 21.9 Å². The lowest BCUT2D eigenvalue weighted by atomic mass is 10.1. The molecule has 1 atom stereocenters. The molecule has 0 aromatic heterocycles. The predicted octanol–water partition coefficient (Wildman–Crippen LogP) is 2.78. The van der Waals surface area contributed by atoms with Crippen LogP contribution in [-0.2, 0) is 4.74 Å². The SMILES string of the molecule is [2H]C1([2H])N(C(=O)OC(C)(C)C)C([2H])([2H])C([2H])(Br)C([2H])([2H])C1([2H])[2H]. The van der Waals surface area contributed by atoms with Gasteiger partial charge in [0.25, 0.3) is 0 Å². The monoisotopic (exact) mass is 272 g/mol. The summed E-state index contributed by atoms with van der Waals surface area (Å²) in [6.45, 7) is -2.28. The highest BCUT2D eigenvalue weighted by molar-refractivity contribution is 9.09. The van der Waals surface area contributed by atoms with Gasteiger partial charge in [-0.2, -0.15) is 0 Å². The Kier molecular flexibility index (Phi) is 1.39. The summed E-state index contributed by atoms with van der Waals surface area (Å²) < 4.78 is 75.4. The van der Waals surface area contributed by atoms with Crippen LogP contribution in [0.25, 0.3) is 0 Å². The fourth-order valence-electron chi connectivity index (χ4n) is 0.692. The van der Waals surface area contributed by atoms with Gasteiger partial charge in [-0.15, -0.1) is 0 Å². The number of halogens is 1. The highest BCUT2D eigenvalue weighted by Gasteiger charge is 2.26. The van der Waals surface area contributed by atoms with Crippen molar-refractivity contribution in [2.75, 3.05) is 13.0 Å². The van der Waals surface area contributed by atoms with E-state index in [1.165, 1.54) is 20.8 Å². The number of likely N-dealkylation sites (tertiary alicyclic amines) is 1. The zero-order chi connectivity index (χ0) is 18.9. The second kappa shape index (κ2) is 4.51. The minimum absolute atomic E-state index is 0.186. The zero-order valence-electron chi connectivity index (χ0n) is 17.1. The van der Waals surface area contributed by atoms with E-state index in [9.17, 15) is 4.79 Å². The molecule has 1 aliphatic heterocycles. The highest BCUT2D eigenvalue weighted by atomic mass is 79.9. The smallest absolute Gasteiger partial charge is 0.410 e. The Labute approximate surface area is 107 Å². The molecule has 0 aromatic carbocycles. The van der Waals surface area contributed by atoms with Gasteiger partial charge in [0.05, 0.1) is 2.74 Å². The summed E-state index contributed by atoms with van der Waals surface area (Å²) >= 11 is 2.51. The Morgan fingerprint density at radius 1 is 1.71 bits per heavy atom. The third-order valence-corrected chi connectivity index (χ3v) is 1.50. The number of amides is 1. The maximum Gasteiger partial charge on any atom is 0.410 e. The largest absolute Gasteiger partial charge is 0.444 e. The van der Waals surface area contributed by atoms with E-state index in [1.54, 1.807) is 0 Å². The Balaban J connectivity index is 3.60. The first-order valence-corrected chi connectivity index (χ1v) is 4.77. The van der Waals surface area contributed by atoms with Crippen molar-refractivity contribution >= 4 is 22.0 Å². The lowest BCUT2D eigenvalue weighted by molar-refractivity contribution is 0.0222. The van der Waals surface area contributed by atoms with Gasteiger partial charge in [0.1, 0.15) is 5.60 Å². The Morgan fingerprint density at radius 2 is 2.36 bits per heavy atom.